The van der Waals surface area contributed by atoms with Gasteiger partial charge in [0.25, 0.3) is 0 Å². The maximum atomic E-state index is 13.4. The summed E-state index contributed by atoms with van der Waals surface area (Å²) in [6.45, 7) is 0.452. The van der Waals surface area contributed by atoms with E-state index in [1.807, 2.05) is 0 Å². The van der Waals surface area contributed by atoms with E-state index in [0.717, 1.165) is 12.3 Å². The number of rotatable bonds is 5. The molecule has 0 bridgehead atoms. The molecule has 0 atom stereocenters. The Kier molecular flexibility index (Phi) is 4.47. The second-order valence-corrected chi connectivity index (χ2v) is 5.74. The van der Waals surface area contributed by atoms with Gasteiger partial charge in [0, 0.05) is 6.26 Å². The summed E-state index contributed by atoms with van der Waals surface area (Å²) in [5.74, 6) is -0.374. The van der Waals surface area contributed by atoms with Crippen LogP contribution in [0.5, 0.6) is 5.75 Å². The normalized spacial score (nSPS) is 11.5. The Labute approximate surface area is 101 Å². The molecule has 2 N–H and O–H groups in total. The Bertz CT molecular complexity index is 500. The van der Waals surface area contributed by atoms with E-state index in [1.54, 1.807) is 0 Å². The molecule has 6 heteroatoms. The van der Waals surface area contributed by atoms with Gasteiger partial charge in [-0.1, -0.05) is 0 Å². The lowest BCUT2D eigenvalue weighted by atomic mass is 10.1. The zero-order chi connectivity index (χ0) is 13.1. The summed E-state index contributed by atoms with van der Waals surface area (Å²) in [7, 11) is -2.14. The highest BCUT2D eigenvalue weighted by atomic mass is 32.2. The van der Waals surface area contributed by atoms with Crippen LogP contribution in [0.3, 0.4) is 0 Å². The van der Waals surface area contributed by atoms with Crippen LogP contribution in [0.15, 0.2) is 17.0 Å². The molecule has 0 aliphatic heterocycles. The van der Waals surface area contributed by atoms with Crippen molar-refractivity contribution in [2.75, 3.05) is 19.9 Å². The van der Waals surface area contributed by atoms with Gasteiger partial charge in [-0.2, -0.15) is 0 Å². The molecule has 0 unspecified atom stereocenters. The first-order valence-corrected chi connectivity index (χ1v) is 7.05. The molecule has 0 amide bonds. The van der Waals surface area contributed by atoms with Crippen LogP contribution in [0.2, 0.25) is 0 Å². The van der Waals surface area contributed by atoms with Crippen LogP contribution in [0, 0.1) is 5.82 Å². The summed E-state index contributed by atoms with van der Waals surface area (Å²) < 4.78 is 41.5. The van der Waals surface area contributed by atoms with Crippen molar-refractivity contribution in [2.45, 2.75) is 17.7 Å². The summed E-state index contributed by atoms with van der Waals surface area (Å²) in [6.07, 6.45) is 2.15. The molecule has 4 nitrogen and oxygen atoms in total. The Morgan fingerprint density at radius 2 is 2.06 bits per heavy atom. The topological polar surface area (TPSA) is 69.4 Å². The molecule has 17 heavy (non-hydrogen) atoms. The van der Waals surface area contributed by atoms with E-state index >= 15 is 0 Å². The van der Waals surface area contributed by atoms with Crippen molar-refractivity contribution in [1.29, 1.82) is 0 Å². The Hall–Kier alpha value is -1.14. The van der Waals surface area contributed by atoms with Crippen molar-refractivity contribution >= 4 is 9.84 Å². The van der Waals surface area contributed by atoms with Gasteiger partial charge in [0.2, 0.25) is 0 Å². The molecule has 0 heterocycles. The Morgan fingerprint density at radius 1 is 1.41 bits per heavy atom. The first-order valence-electron chi connectivity index (χ1n) is 5.16. The molecule has 1 aromatic carbocycles. The quantitative estimate of drug-likeness (QED) is 0.862. The average molecular weight is 261 g/mol. The number of halogens is 1. The number of aryl methyl sites for hydroxylation is 1. The molecule has 0 spiro atoms. The van der Waals surface area contributed by atoms with Gasteiger partial charge in [-0.25, -0.2) is 12.8 Å². The van der Waals surface area contributed by atoms with Gasteiger partial charge in [0.05, 0.1) is 7.11 Å². The largest absolute Gasteiger partial charge is 0.495 e. The molecule has 0 fully saturated rings. The number of hydrogen-bond donors (Lipinski definition) is 1. The van der Waals surface area contributed by atoms with Crippen LogP contribution < -0.4 is 10.5 Å². The van der Waals surface area contributed by atoms with Gasteiger partial charge in [-0.05, 0) is 37.1 Å². The number of benzene rings is 1. The van der Waals surface area contributed by atoms with Gasteiger partial charge >= 0.3 is 0 Å². The Morgan fingerprint density at radius 3 is 2.53 bits per heavy atom. The van der Waals surface area contributed by atoms with E-state index < -0.39 is 15.7 Å². The first kappa shape index (κ1) is 13.9. The molecule has 0 aliphatic rings. The SMILES string of the molecule is COc1c(CCCN)cc(F)cc1S(C)(=O)=O. The van der Waals surface area contributed by atoms with Crippen LogP contribution in [0.1, 0.15) is 12.0 Å². The molecule has 0 saturated carbocycles. The van der Waals surface area contributed by atoms with Crippen LogP contribution in [0.25, 0.3) is 0 Å². The lowest BCUT2D eigenvalue weighted by molar-refractivity contribution is 0.395. The number of ether oxygens (including phenoxy) is 1. The number of methoxy groups -OCH3 is 1. The predicted molar refractivity (Wildman–Crippen MR) is 63.4 cm³/mol. The second-order valence-electron chi connectivity index (χ2n) is 3.76. The molecular formula is C11H16FNO3S. The summed E-state index contributed by atoms with van der Waals surface area (Å²) in [6, 6.07) is 2.25. The molecule has 0 saturated heterocycles. The van der Waals surface area contributed by atoms with E-state index in [4.69, 9.17) is 10.5 Å². The Balaban J connectivity index is 3.35. The van der Waals surface area contributed by atoms with Gasteiger partial charge in [-0.15, -0.1) is 0 Å². The van der Waals surface area contributed by atoms with E-state index in [1.165, 1.54) is 13.2 Å². The highest BCUT2D eigenvalue weighted by Crippen LogP contribution is 2.30. The summed E-state index contributed by atoms with van der Waals surface area (Å²) in [5.41, 5.74) is 5.90. The van der Waals surface area contributed by atoms with Gasteiger partial charge < -0.3 is 10.5 Å². The van der Waals surface area contributed by atoms with Crippen molar-refractivity contribution in [2.24, 2.45) is 5.73 Å². The third-order valence-corrected chi connectivity index (χ3v) is 3.45. The minimum absolute atomic E-state index is 0.118. The molecule has 1 rings (SSSR count). The second kappa shape index (κ2) is 5.46. The van der Waals surface area contributed by atoms with Gasteiger partial charge in [-0.3, -0.25) is 0 Å². The van der Waals surface area contributed by atoms with Crippen molar-refractivity contribution in [3.63, 3.8) is 0 Å². The molecular weight excluding hydrogens is 245 g/mol. The fourth-order valence-electron chi connectivity index (χ4n) is 1.61. The first-order chi connectivity index (χ1) is 7.90. The van der Waals surface area contributed by atoms with Crippen molar-refractivity contribution < 1.29 is 17.5 Å². The number of hydrogen-bond acceptors (Lipinski definition) is 4. The highest BCUT2D eigenvalue weighted by Gasteiger charge is 2.19. The summed E-state index contributed by atoms with van der Waals surface area (Å²) >= 11 is 0. The van der Waals surface area contributed by atoms with E-state index in [-0.39, 0.29) is 10.6 Å². The number of nitrogens with two attached hydrogens (primary N) is 1. The fourth-order valence-corrected chi connectivity index (χ4v) is 2.49. The molecule has 96 valence electrons. The van der Waals surface area contributed by atoms with Crippen molar-refractivity contribution in [3.05, 3.63) is 23.5 Å². The zero-order valence-corrected chi connectivity index (χ0v) is 10.7. The van der Waals surface area contributed by atoms with E-state index in [0.29, 0.717) is 24.9 Å². The minimum atomic E-state index is -3.51. The lowest BCUT2D eigenvalue weighted by Crippen LogP contribution is -2.06. The fraction of sp³-hybridized carbons (Fsp3) is 0.455. The maximum absolute atomic E-state index is 13.4. The third kappa shape index (κ3) is 3.41. The van der Waals surface area contributed by atoms with Crippen LogP contribution in [-0.2, 0) is 16.3 Å². The molecule has 0 aromatic heterocycles. The molecule has 0 radical (unpaired) electrons. The van der Waals surface area contributed by atoms with Crippen LogP contribution >= 0.6 is 0 Å². The molecule has 1 aromatic rings. The predicted octanol–water partition coefficient (Wildman–Crippen LogP) is 1.13. The third-order valence-electron chi connectivity index (χ3n) is 2.35. The van der Waals surface area contributed by atoms with Gasteiger partial charge in [0.1, 0.15) is 16.5 Å². The van der Waals surface area contributed by atoms with E-state index in [9.17, 15) is 12.8 Å². The van der Waals surface area contributed by atoms with Crippen LogP contribution in [0.4, 0.5) is 4.39 Å². The van der Waals surface area contributed by atoms with Gasteiger partial charge in [0.15, 0.2) is 9.84 Å². The minimum Gasteiger partial charge on any atom is -0.495 e. The monoisotopic (exact) mass is 261 g/mol. The summed E-state index contributed by atoms with van der Waals surface area (Å²) in [4.78, 5) is -0.118. The van der Waals surface area contributed by atoms with Crippen LogP contribution in [-0.4, -0.2) is 28.3 Å². The van der Waals surface area contributed by atoms with Crippen molar-refractivity contribution in [1.82, 2.24) is 0 Å². The highest BCUT2D eigenvalue weighted by molar-refractivity contribution is 7.90. The smallest absolute Gasteiger partial charge is 0.179 e. The lowest BCUT2D eigenvalue weighted by Gasteiger charge is -2.12. The van der Waals surface area contributed by atoms with Crippen molar-refractivity contribution in [3.8, 4) is 5.75 Å². The maximum Gasteiger partial charge on any atom is 0.179 e. The average Bonchev–Trinajstić information content (AvgIpc) is 2.24. The summed E-state index contributed by atoms with van der Waals surface area (Å²) in [5, 5.41) is 0. The number of sulfone groups is 1. The molecule has 0 aliphatic carbocycles. The zero-order valence-electron chi connectivity index (χ0n) is 9.86. The van der Waals surface area contributed by atoms with E-state index in [2.05, 4.69) is 0 Å². The standard InChI is InChI=1S/C11H16FNO3S/c1-16-11-8(4-3-5-13)6-9(12)7-10(11)17(2,14)15/h6-7H,3-5,13H2,1-2H3.